The molecule has 0 fully saturated rings. The second-order valence-electron chi connectivity index (χ2n) is 5.96. The van der Waals surface area contributed by atoms with E-state index in [0.717, 1.165) is 19.9 Å². The van der Waals surface area contributed by atoms with Gasteiger partial charge in [0.25, 0.3) is 0 Å². The van der Waals surface area contributed by atoms with Gasteiger partial charge in [-0.2, -0.15) is 0 Å². The Hall–Kier alpha value is -0.393. The van der Waals surface area contributed by atoms with Crippen LogP contribution in [-0.4, -0.2) is 13.3 Å². The van der Waals surface area contributed by atoms with Crippen LogP contribution in [0.5, 0.6) is 5.75 Å². The summed E-state index contributed by atoms with van der Waals surface area (Å²) in [4.78, 5) is 4.39. The number of aromatic nitrogens is 1. The van der Waals surface area contributed by atoms with Gasteiger partial charge in [-0.1, -0.05) is 20.8 Å². The smallest absolute Gasteiger partial charge is 0.250 e. The molecule has 18 heavy (non-hydrogen) atoms. The summed E-state index contributed by atoms with van der Waals surface area (Å²) in [6.07, 6.45) is 0. The maximum absolute atomic E-state index is 6.29. The van der Waals surface area contributed by atoms with E-state index in [1.807, 2.05) is 12.1 Å². The van der Waals surface area contributed by atoms with Crippen molar-refractivity contribution in [2.75, 3.05) is 0 Å². The predicted octanol–water partition coefficient (Wildman–Crippen LogP) is 5.44. The molecule has 98 valence electrons. The van der Waals surface area contributed by atoms with E-state index in [4.69, 9.17) is 4.43 Å². The van der Waals surface area contributed by atoms with Crippen molar-refractivity contribution in [1.29, 1.82) is 0 Å². The van der Waals surface area contributed by atoms with Crippen molar-refractivity contribution in [3.05, 3.63) is 22.1 Å². The van der Waals surface area contributed by atoms with Crippen molar-refractivity contribution in [2.45, 2.75) is 38.9 Å². The van der Waals surface area contributed by atoms with Crippen LogP contribution in [0.15, 0.2) is 22.1 Å². The number of rotatable bonds is 2. The summed E-state index contributed by atoms with van der Waals surface area (Å²) in [7, 11) is -1.75. The Bertz CT molecular complexity index is 574. The number of fused-ring (bicyclic) bond motifs is 1. The molecule has 0 unspecified atom stereocenters. The molecule has 0 N–H and O–H groups in total. The van der Waals surface area contributed by atoms with Gasteiger partial charge in [-0.15, -0.1) is 11.3 Å². The van der Waals surface area contributed by atoms with Crippen LogP contribution in [0.1, 0.15) is 20.8 Å². The second-order valence-corrected chi connectivity index (χ2v) is 13.0. The molecule has 2 rings (SSSR count). The Morgan fingerprint density at radius 3 is 2.56 bits per heavy atom. The van der Waals surface area contributed by atoms with Gasteiger partial charge in [0.15, 0.2) is 3.92 Å². The van der Waals surface area contributed by atoms with E-state index in [1.54, 1.807) is 11.3 Å². The molecule has 0 bridgehead atoms. The van der Waals surface area contributed by atoms with Gasteiger partial charge in [0.1, 0.15) is 5.75 Å². The highest BCUT2D eigenvalue weighted by Gasteiger charge is 2.38. The summed E-state index contributed by atoms with van der Waals surface area (Å²) in [6.45, 7) is 11.3. The Morgan fingerprint density at radius 1 is 1.28 bits per heavy atom. The van der Waals surface area contributed by atoms with Crippen molar-refractivity contribution < 1.29 is 4.43 Å². The monoisotopic (exact) mass is 343 g/mol. The summed E-state index contributed by atoms with van der Waals surface area (Å²) in [6, 6.07) is 6.15. The Balaban J connectivity index is 2.32. The van der Waals surface area contributed by atoms with Crippen LogP contribution >= 0.6 is 27.3 Å². The predicted molar refractivity (Wildman–Crippen MR) is 85.1 cm³/mol. The number of halogens is 1. The van der Waals surface area contributed by atoms with E-state index < -0.39 is 8.32 Å². The molecule has 1 heterocycles. The minimum Gasteiger partial charge on any atom is -0.543 e. The SMILES string of the molecule is CC(C)(C)[Si](C)(C)Oc1ccc2nc(Br)sc2c1. The van der Waals surface area contributed by atoms with Gasteiger partial charge in [-0.05, 0) is 52.3 Å². The second kappa shape index (κ2) is 4.61. The van der Waals surface area contributed by atoms with E-state index in [2.05, 4.69) is 60.8 Å². The van der Waals surface area contributed by atoms with E-state index in [0.29, 0.717) is 0 Å². The lowest BCUT2D eigenvalue weighted by Crippen LogP contribution is -2.43. The van der Waals surface area contributed by atoms with Gasteiger partial charge >= 0.3 is 0 Å². The molecule has 0 atom stereocenters. The minimum absolute atomic E-state index is 0.218. The van der Waals surface area contributed by atoms with Crippen molar-refractivity contribution >= 4 is 45.8 Å². The standard InChI is InChI=1S/C13H18BrNOSSi/c1-13(2,3)18(4,5)16-9-6-7-10-11(8-9)17-12(14)15-10/h6-8H,1-5H3. The van der Waals surface area contributed by atoms with E-state index in [-0.39, 0.29) is 5.04 Å². The first-order valence-corrected chi connectivity index (χ1v) is 10.5. The Kier molecular flexibility index (Phi) is 3.60. The molecule has 0 aliphatic rings. The van der Waals surface area contributed by atoms with Gasteiger partial charge in [-0.3, -0.25) is 0 Å². The normalized spacial score (nSPS) is 13.0. The quantitative estimate of drug-likeness (QED) is 0.677. The lowest BCUT2D eigenvalue weighted by Gasteiger charge is -2.36. The van der Waals surface area contributed by atoms with E-state index in [9.17, 15) is 0 Å². The van der Waals surface area contributed by atoms with Crippen LogP contribution < -0.4 is 4.43 Å². The summed E-state index contributed by atoms with van der Waals surface area (Å²) in [5, 5.41) is 0.218. The zero-order valence-corrected chi connectivity index (χ0v) is 14.8. The highest BCUT2D eigenvalue weighted by atomic mass is 79.9. The molecule has 1 aromatic carbocycles. The van der Waals surface area contributed by atoms with Crippen LogP contribution in [0, 0.1) is 0 Å². The molecular weight excluding hydrogens is 326 g/mol. The van der Waals surface area contributed by atoms with Crippen LogP contribution in [-0.2, 0) is 0 Å². The van der Waals surface area contributed by atoms with Crippen LogP contribution in [0.3, 0.4) is 0 Å². The summed E-state index contributed by atoms with van der Waals surface area (Å²) in [5.41, 5.74) is 1.02. The topological polar surface area (TPSA) is 22.1 Å². The fourth-order valence-electron chi connectivity index (χ4n) is 1.39. The molecule has 0 aliphatic carbocycles. The molecule has 1 aromatic heterocycles. The molecule has 0 amide bonds. The van der Waals surface area contributed by atoms with Crippen molar-refractivity contribution in [2.24, 2.45) is 0 Å². The lowest BCUT2D eigenvalue weighted by molar-refractivity contribution is 0.493. The third-order valence-electron chi connectivity index (χ3n) is 3.51. The minimum atomic E-state index is -1.75. The summed E-state index contributed by atoms with van der Waals surface area (Å²) in [5.74, 6) is 0.963. The molecule has 2 nitrogen and oxygen atoms in total. The third-order valence-corrected chi connectivity index (χ3v) is 9.34. The zero-order valence-electron chi connectivity index (χ0n) is 11.4. The molecule has 0 saturated heterocycles. The molecule has 5 heteroatoms. The first kappa shape index (κ1) is 14.0. The molecule has 0 spiro atoms. The van der Waals surface area contributed by atoms with Crippen molar-refractivity contribution in [1.82, 2.24) is 4.98 Å². The van der Waals surface area contributed by atoms with E-state index in [1.165, 1.54) is 0 Å². The van der Waals surface area contributed by atoms with Gasteiger partial charge in [0, 0.05) is 0 Å². The fraction of sp³-hybridized carbons (Fsp3) is 0.462. The van der Waals surface area contributed by atoms with Crippen LogP contribution in [0.2, 0.25) is 18.1 Å². The number of benzene rings is 1. The maximum Gasteiger partial charge on any atom is 0.250 e. The van der Waals surface area contributed by atoms with Gasteiger partial charge in [-0.25, -0.2) is 4.98 Å². The van der Waals surface area contributed by atoms with Gasteiger partial charge in [0.05, 0.1) is 10.2 Å². The lowest BCUT2D eigenvalue weighted by atomic mass is 10.2. The molecule has 0 aliphatic heterocycles. The van der Waals surface area contributed by atoms with Crippen LogP contribution in [0.4, 0.5) is 0 Å². The van der Waals surface area contributed by atoms with Crippen molar-refractivity contribution in [3.8, 4) is 5.75 Å². The third kappa shape index (κ3) is 2.78. The highest BCUT2D eigenvalue weighted by molar-refractivity contribution is 9.11. The number of hydrogen-bond acceptors (Lipinski definition) is 3. The largest absolute Gasteiger partial charge is 0.543 e. The Morgan fingerprint density at radius 2 is 1.94 bits per heavy atom. The summed E-state index contributed by atoms with van der Waals surface area (Å²) >= 11 is 5.06. The first-order valence-electron chi connectivity index (χ1n) is 5.94. The highest BCUT2D eigenvalue weighted by Crippen LogP contribution is 2.38. The van der Waals surface area contributed by atoms with Gasteiger partial charge in [0.2, 0.25) is 8.32 Å². The fourth-order valence-corrected chi connectivity index (χ4v) is 3.84. The number of thiazole rings is 1. The average molecular weight is 344 g/mol. The zero-order chi connectivity index (χ0) is 13.6. The molecule has 0 saturated carbocycles. The molecular formula is C13H18BrNOSSi. The average Bonchev–Trinajstić information content (AvgIpc) is 2.54. The number of nitrogens with zero attached hydrogens (tertiary/aromatic N) is 1. The number of hydrogen-bond donors (Lipinski definition) is 0. The maximum atomic E-state index is 6.29. The van der Waals surface area contributed by atoms with Crippen LogP contribution in [0.25, 0.3) is 10.2 Å². The summed E-state index contributed by atoms with van der Waals surface area (Å²) < 4.78 is 8.37. The first-order chi connectivity index (χ1) is 8.19. The van der Waals surface area contributed by atoms with Crippen molar-refractivity contribution in [3.63, 3.8) is 0 Å². The molecule has 2 aromatic rings. The van der Waals surface area contributed by atoms with E-state index >= 15 is 0 Å². The molecule has 0 radical (unpaired) electrons. The Labute approximate surface area is 122 Å². The van der Waals surface area contributed by atoms with Gasteiger partial charge < -0.3 is 4.43 Å².